The third-order valence-corrected chi connectivity index (χ3v) is 4.30. The molecule has 7 nitrogen and oxygen atoms in total. The molecule has 1 aromatic carbocycles. The van der Waals surface area contributed by atoms with Gasteiger partial charge in [-0.2, -0.15) is 0 Å². The molecule has 0 saturated carbocycles. The average Bonchev–Trinajstić information content (AvgIpc) is 2.91. The lowest BCUT2D eigenvalue weighted by Gasteiger charge is -2.19. The standard InChI is InChI=1S/C16H16N2O5S/c1-9-15(24-10(2)17-9)16(20)23-8-14(19)18-11-3-4-12-13(7-11)22-6-5-21-12/h3-4,7H,5-6,8H2,1-2H3,(H,18,19). The van der Waals surface area contributed by atoms with Gasteiger partial charge in [0.15, 0.2) is 18.1 Å². The van der Waals surface area contributed by atoms with Crippen molar-refractivity contribution in [3.05, 3.63) is 33.8 Å². The van der Waals surface area contributed by atoms with Crippen LogP contribution in [0.5, 0.6) is 11.5 Å². The van der Waals surface area contributed by atoms with E-state index in [1.807, 2.05) is 6.92 Å². The topological polar surface area (TPSA) is 86.8 Å². The molecule has 1 amide bonds. The Kier molecular flexibility index (Phi) is 4.66. The number of thiazole rings is 1. The smallest absolute Gasteiger partial charge is 0.350 e. The number of esters is 1. The molecule has 0 unspecified atom stereocenters. The van der Waals surface area contributed by atoms with Crippen molar-refractivity contribution in [1.82, 2.24) is 4.98 Å². The van der Waals surface area contributed by atoms with Crippen LogP contribution in [0, 0.1) is 13.8 Å². The summed E-state index contributed by atoms with van der Waals surface area (Å²) >= 11 is 1.25. The van der Waals surface area contributed by atoms with Crippen molar-refractivity contribution in [1.29, 1.82) is 0 Å². The van der Waals surface area contributed by atoms with Gasteiger partial charge in [0.25, 0.3) is 5.91 Å². The summed E-state index contributed by atoms with van der Waals surface area (Å²) in [6, 6.07) is 5.09. The molecule has 1 aliphatic heterocycles. The van der Waals surface area contributed by atoms with Gasteiger partial charge in [-0.1, -0.05) is 0 Å². The first-order valence-corrected chi connectivity index (χ1v) is 8.15. The maximum atomic E-state index is 12.0. The minimum Gasteiger partial charge on any atom is -0.486 e. The molecule has 0 aliphatic carbocycles. The van der Waals surface area contributed by atoms with Crippen molar-refractivity contribution in [2.75, 3.05) is 25.1 Å². The number of ether oxygens (including phenoxy) is 3. The number of anilines is 1. The Hall–Kier alpha value is -2.61. The first-order chi connectivity index (χ1) is 11.5. The van der Waals surface area contributed by atoms with Crippen LogP contribution < -0.4 is 14.8 Å². The van der Waals surface area contributed by atoms with Crippen molar-refractivity contribution in [2.45, 2.75) is 13.8 Å². The van der Waals surface area contributed by atoms with Gasteiger partial charge in [-0.3, -0.25) is 4.79 Å². The third kappa shape index (κ3) is 3.65. The Balaban J connectivity index is 1.56. The molecule has 2 heterocycles. The highest BCUT2D eigenvalue weighted by molar-refractivity contribution is 7.13. The quantitative estimate of drug-likeness (QED) is 0.854. The van der Waals surface area contributed by atoms with E-state index in [4.69, 9.17) is 14.2 Å². The van der Waals surface area contributed by atoms with Crippen LogP contribution in [-0.2, 0) is 9.53 Å². The molecule has 0 saturated heterocycles. The zero-order chi connectivity index (χ0) is 17.1. The van der Waals surface area contributed by atoms with Crippen molar-refractivity contribution >= 4 is 28.9 Å². The van der Waals surface area contributed by atoms with Gasteiger partial charge in [0.2, 0.25) is 0 Å². The molecule has 1 N–H and O–H groups in total. The van der Waals surface area contributed by atoms with Gasteiger partial charge >= 0.3 is 5.97 Å². The van der Waals surface area contributed by atoms with E-state index in [-0.39, 0.29) is 6.61 Å². The van der Waals surface area contributed by atoms with Gasteiger partial charge in [-0.25, -0.2) is 9.78 Å². The van der Waals surface area contributed by atoms with E-state index in [1.165, 1.54) is 11.3 Å². The number of nitrogens with zero attached hydrogens (tertiary/aromatic N) is 1. The highest BCUT2D eigenvalue weighted by atomic mass is 32.1. The SMILES string of the molecule is Cc1nc(C)c(C(=O)OCC(=O)Nc2ccc3c(c2)OCCO3)s1. The first kappa shape index (κ1) is 16.3. The van der Waals surface area contributed by atoms with E-state index in [2.05, 4.69) is 10.3 Å². The highest BCUT2D eigenvalue weighted by Crippen LogP contribution is 2.32. The maximum absolute atomic E-state index is 12.0. The fraction of sp³-hybridized carbons (Fsp3) is 0.312. The molecule has 0 radical (unpaired) electrons. The Morgan fingerprint density at radius 2 is 2.00 bits per heavy atom. The molecule has 3 rings (SSSR count). The number of carbonyl (C=O) groups excluding carboxylic acids is 2. The zero-order valence-corrected chi connectivity index (χ0v) is 14.1. The van der Waals surface area contributed by atoms with Crippen LogP contribution in [0.1, 0.15) is 20.4 Å². The molecule has 0 atom stereocenters. The predicted octanol–water partition coefficient (Wildman–Crippen LogP) is 2.33. The van der Waals surface area contributed by atoms with Crippen LogP contribution in [0.15, 0.2) is 18.2 Å². The molecule has 1 aliphatic rings. The molecular formula is C16H16N2O5S. The number of amides is 1. The number of rotatable bonds is 4. The van der Waals surface area contributed by atoms with E-state index in [0.29, 0.717) is 41.0 Å². The van der Waals surface area contributed by atoms with Crippen LogP contribution in [0.4, 0.5) is 5.69 Å². The largest absolute Gasteiger partial charge is 0.486 e. The summed E-state index contributed by atoms with van der Waals surface area (Å²) < 4.78 is 15.9. The van der Waals surface area contributed by atoms with Crippen molar-refractivity contribution in [3.8, 4) is 11.5 Å². The third-order valence-electron chi connectivity index (χ3n) is 3.25. The highest BCUT2D eigenvalue weighted by Gasteiger charge is 2.17. The number of fused-ring (bicyclic) bond motifs is 1. The number of hydrogen-bond acceptors (Lipinski definition) is 7. The van der Waals surface area contributed by atoms with Gasteiger partial charge in [0, 0.05) is 11.8 Å². The van der Waals surface area contributed by atoms with Crippen LogP contribution >= 0.6 is 11.3 Å². The summed E-state index contributed by atoms with van der Waals surface area (Å²) in [6.07, 6.45) is 0. The Bertz CT molecular complexity index is 787. The minimum absolute atomic E-state index is 0.371. The Morgan fingerprint density at radius 1 is 1.25 bits per heavy atom. The summed E-state index contributed by atoms with van der Waals surface area (Å²) in [5, 5.41) is 3.43. The molecular weight excluding hydrogens is 332 g/mol. The maximum Gasteiger partial charge on any atom is 0.350 e. The van der Waals surface area contributed by atoms with E-state index in [0.717, 1.165) is 5.01 Å². The molecule has 0 fully saturated rings. The Labute approximate surface area is 142 Å². The second kappa shape index (κ2) is 6.88. The lowest BCUT2D eigenvalue weighted by atomic mass is 10.2. The molecule has 1 aromatic heterocycles. The fourth-order valence-electron chi connectivity index (χ4n) is 2.24. The van der Waals surface area contributed by atoms with Crippen LogP contribution in [0.25, 0.3) is 0 Å². The van der Waals surface area contributed by atoms with E-state index >= 15 is 0 Å². The predicted molar refractivity (Wildman–Crippen MR) is 87.9 cm³/mol. The van der Waals surface area contributed by atoms with Gasteiger partial charge in [0.05, 0.1) is 10.7 Å². The number of hydrogen-bond donors (Lipinski definition) is 1. The van der Waals surface area contributed by atoms with Crippen molar-refractivity contribution in [3.63, 3.8) is 0 Å². The minimum atomic E-state index is -0.546. The van der Waals surface area contributed by atoms with Crippen LogP contribution in [-0.4, -0.2) is 36.7 Å². The van der Waals surface area contributed by atoms with E-state index in [1.54, 1.807) is 25.1 Å². The Morgan fingerprint density at radius 3 is 2.71 bits per heavy atom. The normalized spacial score (nSPS) is 12.6. The molecule has 0 spiro atoms. The second-order valence-corrected chi connectivity index (χ2v) is 6.33. The number of aromatic nitrogens is 1. The summed E-state index contributed by atoms with van der Waals surface area (Å²) in [4.78, 5) is 28.5. The van der Waals surface area contributed by atoms with Gasteiger partial charge in [0.1, 0.15) is 18.1 Å². The monoisotopic (exact) mass is 348 g/mol. The van der Waals surface area contributed by atoms with Crippen molar-refractivity contribution < 1.29 is 23.8 Å². The molecule has 8 heteroatoms. The fourth-order valence-corrected chi connectivity index (χ4v) is 3.05. The second-order valence-electron chi connectivity index (χ2n) is 5.13. The van der Waals surface area contributed by atoms with Gasteiger partial charge in [-0.05, 0) is 26.0 Å². The summed E-state index contributed by atoms with van der Waals surface area (Å²) in [6.45, 7) is 4.14. The molecule has 0 bridgehead atoms. The molecule has 126 valence electrons. The van der Waals surface area contributed by atoms with E-state index in [9.17, 15) is 9.59 Å². The number of aryl methyl sites for hydroxylation is 2. The average molecular weight is 348 g/mol. The number of carbonyl (C=O) groups is 2. The number of nitrogens with one attached hydrogen (secondary N) is 1. The van der Waals surface area contributed by atoms with Crippen molar-refractivity contribution in [2.24, 2.45) is 0 Å². The van der Waals surface area contributed by atoms with Gasteiger partial charge < -0.3 is 19.5 Å². The summed E-state index contributed by atoms with van der Waals surface area (Å²) in [7, 11) is 0. The number of benzene rings is 1. The summed E-state index contributed by atoms with van der Waals surface area (Å²) in [5.74, 6) is 0.239. The summed E-state index contributed by atoms with van der Waals surface area (Å²) in [5.41, 5.74) is 1.15. The lowest BCUT2D eigenvalue weighted by molar-refractivity contribution is -0.119. The van der Waals surface area contributed by atoms with Crippen LogP contribution in [0.2, 0.25) is 0 Å². The van der Waals surface area contributed by atoms with E-state index < -0.39 is 11.9 Å². The van der Waals surface area contributed by atoms with Crippen LogP contribution in [0.3, 0.4) is 0 Å². The molecule has 2 aromatic rings. The lowest BCUT2D eigenvalue weighted by Crippen LogP contribution is -2.21. The first-order valence-electron chi connectivity index (χ1n) is 7.33. The van der Waals surface area contributed by atoms with Gasteiger partial charge in [-0.15, -0.1) is 11.3 Å². The molecule has 24 heavy (non-hydrogen) atoms. The zero-order valence-electron chi connectivity index (χ0n) is 13.3.